The van der Waals surface area contributed by atoms with Gasteiger partial charge in [0, 0.05) is 11.4 Å². The van der Waals surface area contributed by atoms with Crippen LogP contribution in [-0.2, 0) is 9.59 Å². The lowest BCUT2D eigenvalue weighted by molar-refractivity contribution is -0.122. The highest BCUT2D eigenvalue weighted by Gasteiger charge is 2.28. The molecule has 1 saturated heterocycles. The number of carbonyl (C=O) groups is 3. The van der Waals surface area contributed by atoms with Gasteiger partial charge in [-0.25, -0.2) is 4.79 Å². The zero-order valence-corrected chi connectivity index (χ0v) is 11.6. The predicted octanol–water partition coefficient (Wildman–Crippen LogP) is 1.91. The number of hydrogen-bond donors (Lipinski definition) is 3. The summed E-state index contributed by atoms with van der Waals surface area (Å²) in [5.41, 5.74) is -0.241. The lowest BCUT2D eigenvalue weighted by atomic mass is 10.1. The van der Waals surface area contributed by atoms with Crippen LogP contribution in [0.5, 0.6) is 0 Å². The maximum Gasteiger partial charge on any atom is 0.337 e. The Hall–Kier alpha value is -1.79. The average Bonchev–Trinajstić information content (AvgIpc) is 2.78. The second-order valence-electron chi connectivity index (χ2n) is 4.26. The molecule has 1 aliphatic rings. The summed E-state index contributed by atoms with van der Waals surface area (Å²) in [6.45, 7) is 0. The molecule has 1 aromatic rings. The molecule has 0 aromatic heterocycles. The SMILES string of the molecule is O=C1CC[C@H](C(=O)Nc2c(Cl)cc(Cl)cc2C(=O)O)N1. The summed E-state index contributed by atoms with van der Waals surface area (Å²) in [5, 5.41) is 14.2. The normalized spacial score (nSPS) is 17.7. The number of benzene rings is 1. The number of rotatable bonds is 3. The molecule has 1 atom stereocenters. The highest BCUT2D eigenvalue weighted by molar-refractivity contribution is 6.37. The van der Waals surface area contributed by atoms with Crippen molar-refractivity contribution in [3.8, 4) is 0 Å². The molecule has 3 N–H and O–H groups in total. The highest BCUT2D eigenvalue weighted by Crippen LogP contribution is 2.30. The Bertz CT molecular complexity index is 603. The molecule has 1 fully saturated rings. The van der Waals surface area contributed by atoms with Gasteiger partial charge in [0.1, 0.15) is 6.04 Å². The van der Waals surface area contributed by atoms with E-state index in [2.05, 4.69) is 10.6 Å². The number of carbonyl (C=O) groups excluding carboxylic acids is 2. The topological polar surface area (TPSA) is 95.5 Å². The zero-order valence-electron chi connectivity index (χ0n) is 10.1. The highest BCUT2D eigenvalue weighted by atomic mass is 35.5. The number of anilines is 1. The molecule has 6 nitrogen and oxygen atoms in total. The van der Waals surface area contributed by atoms with Gasteiger partial charge < -0.3 is 15.7 Å². The van der Waals surface area contributed by atoms with E-state index in [1.54, 1.807) is 0 Å². The van der Waals surface area contributed by atoms with Gasteiger partial charge >= 0.3 is 5.97 Å². The van der Waals surface area contributed by atoms with Gasteiger partial charge in [-0.2, -0.15) is 0 Å². The fourth-order valence-corrected chi connectivity index (χ4v) is 2.43. The minimum atomic E-state index is -1.26. The molecule has 2 rings (SSSR count). The van der Waals surface area contributed by atoms with Gasteiger partial charge in [0.15, 0.2) is 0 Å². The van der Waals surface area contributed by atoms with Crippen LogP contribution < -0.4 is 10.6 Å². The van der Waals surface area contributed by atoms with Crippen molar-refractivity contribution in [2.45, 2.75) is 18.9 Å². The van der Waals surface area contributed by atoms with E-state index in [4.69, 9.17) is 28.3 Å². The first-order valence-corrected chi connectivity index (χ1v) is 6.46. The number of nitrogens with one attached hydrogen (secondary N) is 2. The lowest BCUT2D eigenvalue weighted by Gasteiger charge is -2.14. The van der Waals surface area contributed by atoms with Gasteiger partial charge in [0.25, 0.3) is 0 Å². The molecule has 0 bridgehead atoms. The third-order valence-electron chi connectivity index (χ3n) is 2.85. The smallest absolute Gasteiger partial charge is 0.337 e. The van der Waals surface area contributed by atoms with Gasteiger partial charge in [0.2, 0.25) is 11.8 Å². The first-order valence-electron chi connectivity index (χ1n) is 5.71. The monoisotopic (exact) mass is 316 g/mol. The predicted molar refractivity (Wildman–Crippen MR) is 73.2 cm³/mol. The molecule has 0 unspecified atom stereocenters. The molecule has 0 radical (unpaired) electrons. The number of amides is 2. The van der Waals surface area contributed by atoms with Gasteiger partial charge in [-0.1, -0.05) is 23.2 Å². The van der Waals surface area contributed by atoms with Crippen LogP contribution in [0.2, 0.25) is 10.0 Å². The van der Waals surface area contributed by atoms with Crippen molar-refractivity contribution in [2.75, 3.05) is 5.32 Å². The maximum atomic E-state index is 12.0. The van der Waals surface area contributed by atoms with E-state index >= 15 is 0 Å². The number of carboxylic acids is 1. The van der Waals surface area contributed by atoms with Crippen molar-refractivity contribution in [1.29, 1.82) is 0 Å². The Labute approximate surface area is 124 Å². The second-order valence-corrected chi connectivity index (χ2v) is 5.11. The minimum absolute atomic E-state index is 0.0209. The maximum absolute atomic E-state index is 12.0. The Balaban J connectivity index is 2.26. The Kier molecular flexibility index (Phi) is 4.15. The van der Waals surface area contributed by atoms with Crippen LogP contribution in [0.3, 0.4) is 0 Å². The molecule has 2 amide bonds. The first-order chi connectivity index (χ1) is 9.38. The Morgan fingerprint density at radius 1 is 1.35 bits per heavy atom. The van der Waals surface area contributed by atoms with E-state index in [9.17, 15) is 14.4 Å². The van der Waals surface area contributed by atoms with Crippen molar-refractivity contribution in [1.82, 2.24) is 5.32 Å². The summed E-state index contributed by atoms with van der Waals surface area (Å²) in [6.07, 6.45) is 0.622. The van der Waals surface area contributed by atoms with E-state index < -0.39 is 17.9 Å². The van der Waals surface area contributed by atoms with E-state index in [1.807, 2.05) is 0 Å². The Morgan fingerprint density at radius 2 is 2.05 bits per heavy atom. The van der Waals surface area contributed by atoms with Crippen molar-refractivity contribution >= 4 is 46.7 Å². The summed E-state index contributed by atoms with van der Waals surface area (Å²) in [5.74, 6) is -1.99. The molecule has 1 aromatic carbocycles. The fourth-order valence-electron chi connectivity index (χ4n) is 1.89. The van der Waals surface area contributed by atoms with Crippen molar-refractivity contribution in [2.24, 2.45) is 0 Å². The standard InChI is InChI=1S/C12H10Cl2N2O4/c13-5-3-6(12(19)20)10(7(14)4-5)16-11(18)8-1-2-9(17)15-8/h3-4,8H,1-2H2,(H,15,17)(H,16,18)(H,19,20)/t8-/m1/s1. The van der Waals surface area contributed by atoms with E-state index in [-0.39, 0.29) is 33.6 Å². The summed E-state index contributed by atoms with van der Waals surface area (Å²) in [7, 11) is 0. The van der Waals surface area contributed by atoms with E-state index in [1.165, 1.54) is 12.1 Å². The number of hydrogen-bond acceptors (Lipinski definition) is 3. The fraction of sp³-hybridized carbons (Fsp3) is 0.250. The Morgan fingerprint density at radius 3 is 2.60 bits per heavy atom. The molecular weight excluding hydrogens is 307 g/mol. The van der Waals surface area contributed by atoms with Crippen molar-refractivity contribution < 1.29 is 19.5 Å². The number of carboxylic acid groups (broad SMARTS) is 1. The second kappa shape index (κ2) is 5.68. The molecular formula is C12H10Cl2N2O4. The molecule has 8 heteroatoms. The first kappa shape index (κ1) is 14.6. The molecule has 1 aliphatic heterocycles. The molecule has 106 valence electrons. The van der Waals surface area contributed by atoms with Gasteiger partial charge in [-0.3, -0.25) is 9.59 Å². The molecule has 20 heavy (non-hydrogen) atoms. The van der Waals surface area contributed by atoms with Crippen molar-refractivity contribution in [3.05, 3.63) is 27.7 Å². The van der Waals surface area contributed by atoms with Crippen LogP contribution in [0.1, 0.15) is 23.2 Å². The molecule has 0 aliphatic carbocycles. The number of halogens is 2. The van der Waals surface area contributed by atoms with Crippen molar-refractivity contribution in [3.63, 3.8) is 0 Å². The average molecular weight is 317 g/mol. The van der Waals surface area contributed by atoms with Gasteiger partial charge in [0.05, 0.1) is 16.3 Å². The molecule has 1 heterocycles. The summed E-state index contributed by atoms with van der Waals surface area (Å²) >= 11 is 11.6. The minimum Gasteiger partial charge on any atom is -0.478 e. The summed E-state index contributed by atoms with van der Waals surface area (Å²) in [4.78, 5) is 34.2. The molecule has 0 spiro atoms. The molecule has 0 saturated carbocycles. The zero-order chi connectivity index (χ0) is 14.9. The van der Waals surface area contributed by atoms with Gasteiger partial charge in [-0.15, -0.1) is 0 Å². The van der Waals surface area contributed by atoms with Crippen LogP contribution in [-0.4, -0.2) is 28.9 Å². The van der Waals surface area contributed by atoms with Crippen LogP contribution in [0.25, 0.3) is 0 Å². The number of aromatic carboxylic acids is 1. The quantitative estimate of drug-likeness (QED) is 0.793. The largest absolute Gasteiger partial charge is 0.478 e. The van der Waals surface area contributed by atoms with Crippen LogP contribution >= 0.6 is 23.2 Å². The third kappa shape index (κ3) is 3.02. The van der Waals surface area contributed by atoms with Gasteiger partial charge in [-0.05, 0) is 18.6 Å². The van der Waals surface area contributed by atoms with E-state index in [0.717, 1.165) is 0 Å². The van der Waals surface area contributed by atoms with E-state index in [0.29, 0.717) is 6.42 Å². The van der Waals surface area contributed by atoms with Crippen LogP contribution in [0.4, 0.5) is 5.69 Å². The third-order valence-corrected chi connectivity index (χ3v) is 3.36. The van der Waals surface area contributed by atoms with Crippen LogP contribution in [0.15, 0.2) is 12.1 Å². The summed E-state index contributed by atoms with van der Waals surface area (Å²) < 4.78 is 0. The van der Waals surface area contributed by atoms with Crippen LogP contribution in [0, 0.1) is 0 Å². The summed E-state index contributed by atoms with van der Waals surface area (Å²) in [6, 6.07) is 1.84. The lowest BCUT2D eigenvalue weighted by Crippen LogP contribution is -2.37.